The van der Waals surface area contributed by atoms with Crippen molar-refractivity contribution in [3.05, 3.63) is 12.2 Å². The maximum atomic E-state index is 6.71. The fourth-order valence-corrected chi connectivity index (χ4v) is 4.87. The van der Waals surface area contributed by atoms with Crippen molar-refractivity contribution in [2.75, 3.05) is 20.8 Å². The highest BCUT2D eigenvalue weighted by atomic mass is 28.4. The van der Waals surface area contributed by atoms with Crippen molar-refractivity contribution in [1.82, 2.24) is 0 Å². The van der Waals surface area contributed by atoms with Crippen molar-refractivity contribution >= 4 is 16.6 Å². The molecule has 1 aliphatic rings. The van der Waals surface area contributed by atoms with Gasteiger partial charge in [0.2, 0.25) is 0 Å². The Hall–Kier alpha value is -0.0262. The zero-order chi connectivity index (χ0) is 22.7. The molecule has 0 spiro atoms. The van der Waals surface area contributed by atoms with Crippen LogP contribution in [0.5, 0.6) is 0 Å². The van der Waals surface area contributed by atoms with Crippen LogP contribution in [-0.4, -0.2) is 62.1 Å². The van der Waals surface area contributed by atoms with Crippen LogP contribution in [0.15, 0.2) is 12.2 Å². The van der Waals surface area contributed by atoms with Gasteiger partial charge in [0.05, 0.1) is 18.8 Å². The lowest BCUT2D eigenvalue weighted by molar-refractivity contribution is -0.143. The second-order valence-electron chi connectivity index (χ2n) is 11.1. The van der Waals surface area contributed by atoms with Gasteiger partial charge in [0.15, 0.2) is 22.9 Å². The molecule has 29 heavy (non-hydrogen) atoms. The number of hydrogen-bond donors (Lipinski definition) is 0. The van der Waals surface area contributed by atoms with Crippen LogP contribution in [0, 0.1) is 0 Å². The van der Waals surface area contributed by atoms with Crippen LogP contribution in [-0.2, 0) is 23.1 Å². The third-order valence-corrected chi connectivity index (χ3v) is 15.8. The van der Waals surface area contributed by atoms with E-state index >= 15 is 0 Å². The second-order valence-corrected chi connectivity index (χ2v) is 20.7. The molecule has 7 heteroatoms. The van der Waals surface area contributed by atoms with E-state index in [2.05, 4.69) is 79.9 Å². The second kappa shape index (κ2) is 10.1. The van der Waals surface area contributed by atoms with Crippen LogP contribution in [0.2, 0.25) is 36.3 Å². The highest BCUT2D eigenvalue weighted by Crippen LogP contribution is 2.40. The molecule has 0 aromatic carbocycles. The molecule has 1 aliphatic heterocycles. The SMILES string of the molecule is COC(C[C@H]1C=C[C@@H](O[Si](C)(C)C(C)(C)C)[C@H](CO[Si](C)(C)C(C)(C)C)O1)OC. The fourth-order valence-electron chi connectivity index (χ4n) is 2.59. The van der Waals surface area contributed by atoms with Crippen molar-refractivity contribution < 1.29 is 23.1 Å². The Bertz CT molecular complexity index is 530. The Kier molecular flexibility index (Phi) is 9.37. The van der Waals surface area contributed by atoms with Gasteiger partial charge in [-0.2, -0.15) is 0 Å². The quantitative estimate of drug-likeness (QED) is 0.257. The van der Waals surface area contributed by atoms with Crippen LogP contribution in [0.3, 0.4) is 0 Å². The minimum absolute atomic E-state index is 0.0767. The molecule has 0 aromatic rings. The van der Waals surface area contributed by atoms with Crippen molar-refractivity contribution in [2.45, 2.75) is 109 Å². The van der Waals surface area contributed by atoms with Gasteiger partial charge < -0.3 is 23.1 Å². The van der Waals surface area contributed by atoms with Crippen molar-refractivity contribution in [3.63, 3.8) is 0 Å². The maximum absolute atomic E-state index is 6.71. The van der Waals surface area contributed by atoms with Crippen molar-refractivity contribution in [1.29, 1.82) is 0 Å². The molecule has 0 fully saturated rings. The summed E-state index contributed by atoms with van der Waals surface area (Å²) in [6.45, 7) is 23.2. The first-order chi connectivity index (χ1) is 13.0. The summed E-state index contributed by atoms with van der Waals surface area (Å²) in [6.07, 6.45) is 4.30. The number of ether oxygens (including phenoxy) is 3. The van der Waals surface area contributed by atoms with Gasteiger partial charge in [0.25, 0.3) is 0 Å². The van der Waals surface area contributed by atoms with Gasteiger partial charge in [-0.15, -0.1) is 0 Å². The molecule has 5 nitrogen and oxygen atoms in total. The molecule has 0 aromatic heterocycles. The standard InChI is InChI=1S/C22H46O5Si2/c1-21(2,3)28(9,10)25-16-19-18(27-29(11,12)22(4,5)6)14-13-17(26-19)15-20(23-7)24-8/h13-14,17-20H,15-16H2,1-12H3/t17-,18-,19+/m1/s1. The summed E-state index contributed by atoms with van der Waals surface area (Å²) in [7, 11) is -0.508. The highest BCUT2D eigenvalue weighted by Gasteiger charge is 2.43. The predicted molar refractivity (Wildman–Crippen MR) is 125 cm³/mol. The number of rotatable bonds is 9. The topological polar surface area (TPSA) is 46.2 Å². The van der Waals surface area contributed by atoms with E-state index in [1.54, 1.807) is 14.2 Å². The Balaban J connectivity index is 3.00. The zero-order valence-corrected chi connectivity index (χ0v) is 22.9. The lowest BCUT2D eigenvalue weighted by Gasteiger charge is -2.44. The van der Waals surface area contributed by atoms with E-state index in [4.69, 9.17) is 23.1 Å². The molecular formula is C22H46O5Si2. The van der Waals surface area contributed by atoms with Gasteiger partial charge in [-0.3, -0.25) is 0 Å². The molecule has 0 amide bonds. The summed E-state index contributed by atoms with van der Waals surface area (Å²) >= 11 is 0. The van der Waals surface area contributed by atoms with E-state index in [0.29, 0.717) is 13.0 Å². The average Bonchev–Trinajstić information content (AvgIpc) is 2.57. The van der Waals surface area contributed by atoms with E-state index in [0.717, 1.165) is 0 Å². The Morgan fingerprint density at radius 3 is 1.83 bits per heavy atom. The molecule has 0 aliphatic carbocycles. The molecule has 0 N–H and O–H groups in total. The van der Waals surface area contributed by atoms with Crippen molar-refractivity contribution in [2.24, 2.45) is 0 Å². The molecule has 172 valence electrons. The first-order valence-electron chi connectivity index (χ1n) is 10.8. The summed E-state index contributed by atoms with van der Waals surface area (Å²) in [5, 5.41) is 0.295. The normalized spacial score (nSPS) is 24.4. The highest BCUT2D eigenvalue weighted by molar-refractivity contribution is 6.74. The number of methoxy groups -OCH3 is 2. The molecule has 1 heterocycles. The summed E-state index contributed by atoms with van der Waals surface area (Å²) in [5.74, 6) is 0. The van der Waals surface area contributed by atoms with Crippen LogP contribution >= 0.6 is 0 Å². The van der Waals surface area contributed by atoms with Gasteiger partial charge in [-0.05, 0) is 36.3 Å². The van der Waals surface area contributed by atoms with E-state index in [-0.39, 0.29) is 34.7 Å². The molecule has 0 radical (unpaired) electrons. The summed E-state index contributed by atoms with van der Waals surface area (Å²) in [6, 6.07) is 0. The van der Waals surface area contributed by atoms with E-state index < -0.39 is 16.6 Å². The molecule has 0 saturated heterocycles. The average molecular weight is 447 g/mol. The minimum atomic E-state index is -1.94. The fraction of sp³-hybridized carbons (Fsp3) is 0.909. The molecule has 0 saturated carbocycles. The Morgan fingerprint density at radius 2 is 1.38 bits per heavy atom. The van der Waals surface area contributed by atoms with E-state index in [1.165, 1.54) is 0 Å². The first-order valence-corrected chi connectivity index (χ1v) is 16.6. The monoisotopic (exact) mass is 446 g/mol. The van der Waals surface area contributed by atoms with Crippen molar-refractivity contribution in [3.8, 4) is 0 Å². The predicted octanol–water partition coefficient (Wildman–Crippen LogP) is 5.73. The molecular weight excluding hydrogens is 400 g/mol. The van der Waals surface area contributed by atoms with E-state index in [9.17, 15) is 0 Å². The summed E-state index contributed by atoms with van der Waals surface area (Å²) < 4.78 is 30.4. The minimum Gasteiger partial charge on any atom is -0.414 e. The van der Waals surface area contributed by atoms with Crippen LogP contribution in [0.25, 0.3) is 0 Å². The maximum Gasteiger partial charge on any atom is 0.193 e. The van der Waals surface area contributed by atoms with Gasteiger partial charge in [0.1, 0.15) is 6.10 Å². The summed E-state index contributed by atoms with van der Waals surface area (Å²) in [5.41, 5.74) is 0. The van der Waals surface area contributed by atoms with Gasteiger partial charge in [-0.25, -0.2) is 0 Å². The lowest BCUT2D eigenvalue weighted by Crippen LogP contribution is -2.52. The third kappa shape index (κ3) is 7.56. The van der Waals surface area contributed by atoms with Crippen LogP contribution in [0.1, 0.15) is 48.0 Å². The first kappa shape index (κ1) is 27.0. The molecule has 0 bridgehead atoms. The molecule has 0 unspecified atom stereocenters. The Morgan fingerprint density at radius 1 is 0.862 bits per heavy atom. The lowest BCUT2D eigenvalue weighted by atomic mass is 10.1. The third-order valence-electron chi connectivity index (χ3n) is 6.83. The largest absolute Gasteiger partial charge is 0.414 e. The smallest absolute Gasteiger partial charge is 0.193 e. The Labute approximate surface area is 181 Å². The van der Waals surface area contributed by atoms with Gasteiger partial charge in [-0.1, -0.05) is 53.7 Å². The number of hydrogen-bond acceptors (Lipinski definition) is 5. The van der Waals surface area contributed by atoms with Gasteiger partial charge >= 0.3 is 0 Å². The zero-order valence-electron chi connectivity index (χ0n) is 20.9. The molecule has 1 rings (SSSR count). The van der Waals surface area contributed by atoms with Gasteiger partial charge in [0, 0.05) is 20.6 Å². The summed E-state index contributed by atoms with van der Waals surface area (Å²) in [4.78, 5) is 0. The van der Waals surface area contributed by atoms with Crippen LogP contribution in [0.4, 0.5) is 0 Å². The van der Waals surface area contributed by atoms with E-state index in [1.807, 2.05) is 0 Å². The molecule has 3 atom stereocenters. The van der Waals surface area contributed by atoms with Crippen LogP contribution < -0.4 is 0 Å².